The zero-order chi connectivity index (χ0) is 19.7. The second-order valence-electron chi connectivity index (χ2n) is 7.52. The van der Waals surface area contributed by atoms with Gasteiger partial charge in [-0.15, -0.1) is 0 Å². The molecule has 8 nitrogen and oxygen atoms in total. The number of aromatic amines is 1. The number of fused-ring (bicyclic) bond motifs is 1. The van der Waals surface area contributed by atoms with E-state index in [9.17, 15) is 13.2 Å². The maximum Gasteiger partial charge on any atom is 0.245 e. The Morgan fingerprint density at radius 1 is 1.30 bits per heavy atom. The number of aromatic nitrogens is 2. The largest absolute Gasteiger partial charge is 0.350 e. The lowest BCUT2D eigenvalue weighted by molar-refractivity contribution is -0.124. The number of rotatable bonds is 6. The van der Waals surface area contributed by atoms with Crippen LogP contribution in [-0.4, -0.2) is 71.8 Å². The van der Waals surface area contributed by atoms with E-state index in [0.29, 0.717) is 37.2 Å². The second-order valence-corrected chi connectivity index (χ2v) is 9.42. The van der Waals surface area contributed by atoms with Crippen molar-refractivity contribution in [3.8, 4) is 0 Å². The molecule has 2 aromatic heterocycles. The Morgan fingerprint density at radius 2 is 2.00 bits per heavy atom. The number of carbonyl (C=O) groups is 1. The fourth-order valence-corrected chi connectivity index (χ4v) is 4.69. The Bertz CT molecular complexity index is 914. The quantitative estimate of drug-likeness (QED) is 0.768. The molecule has 2 N–H and O–H groups in total. The van der Waals surface area contributed by atoms with Gasteiger partial charge in [0.25, 0.3) is 0 Å². The zero-order valence-electron chi connectivity index (χ0n) is 16.0. The van der Waals surface area contributed by atoms with Crippen LogP contribution in [-0.2, 0) is 14.8 Å². The van der Waals surface area contributed by atoms with Crippen molar-refractivity contribution in [3.05, 3.63) is 24.5 Å². The first-order chi connectivity index (χ1) is 12.7. The molecule has 0 aliphatic carbocycles. The van der Waals surface area contributed by atoms with Crippen molar-refractivity contribution in [2.45, 2.75) is 37.6 Å². The summed E-state index contributed by atoms with van der Waals surface area (Å²) in [6.07, 6.45) is 3.97. The van der Waals surface area contributed by atoms with E-state index in [4.69, 9.17) is 0 Å². The average Bonchev–Trinajstić information content (AvgIpc) is 3.06. The minimum atomic E-state index is -3.60. The van der Waals surface area contributed by atoms with Gasteiger partial charge in [0.2, 0.25) is 15.9 Å². The lowest BCUT2D eigenvalue weighted by atomic mass is 10.0. The monoisotopic (exact) mass is 393 g/mol. The predicted octanol–water partition coefficient (Wildman–Crippen LogP) is 1.17. The van der Waals surface area contributed by atoms with Crippen molar-refractivity contribution in [2.75, 3.05) is 32.7 Å². The minimum absolute atomic E-state index is 0.0270. The van der Waals surface area contributed by atoms with Gasteiger partial charge < -0.3 is 10.3 Å². The number of nitrogens with one attached hydrogen (secondary N) is 2. The number of pyridine rings is 1. The molecule has 3 rings (SSSR count). The van der Waals surface area contributed by atoms with Crippen LogP contribution in [0.4, 0.5) is 0 Å². The highest BCUT2D eigenvalue weighted by molar-refractivity contribution is 7.89. The van der Waals surface area contributed by atoms with Gasteiger partial charge in [-0.25, -0.2) is 13.4 Å². The molecule has 0 unspecified atom stereocenters. The van der Waals surface area contributed by atoms with Gasteiger partial charge in [-0.2, -0.15) is 4.31 Å². The van der Waals surface area contributed by atoms with E-state index in [1.165, 1.54) is 10.5 Å². The van der Waals surface area contributed by atoms with E-state index in [1.54, 1.807) is 18.3 Å². The Kier molecular flexibility index (Phi) is 5.55. The first-order valence-electron chi connectivity index (χ1n) is 9.18. The summed E-state index contributed by atoms with van der Waals surface area (Å²) in [4.78, 5) is 21.5. The van der Waals surface area contributed by atoms with E-state index in [1.807, 2.05) is 25.7 Å². The Hall–Kier alpha value is -1.97. The van der Waals surface area contributed by atoms with Gasteiger partial charge in [0.05, 0.1) is 6.54 Å². The highest BCUT2D eigenvalue weighted by Gasteiger charge is 2.31. The second kappa shape index (κ2) is 7.57. The van der Waals surface area contributed by atoms with E-state index < -0.39 is 10.0 Å². The molecule has 0 radical (unpaired) electrons. The molecule has 0 atom stereocenters. The Balaban J connectivity index is 1.62. The summed E-state index contributed by atoms with van der Waals surface area (Å²) in [7, 11) is -3.60. The van der Waals surface area contributed by atoms with Gasteiger partial charge in [-0.3, -0.25) is 9.69 Å². The SMILES string of the molecule is CCC(C)(C)NC(=O)CN1CCN(S(=O)(=O)c2c[nH]c3ncccc23)CC1. The van der Waals surface area contributed by atoms with Gasteiger partial charge in [-0.1, -0.05) is 6.92 Å². The lowest BCUT2D eigenvalue weighted by Gasteiger charge is -2.34. The number of hydrogen-bond donors (Lipinski definition) is 2. The maximum atomic E-state index is 13.0. The van der Waals surface area contributed by atoms with E-state index >= 15 is 0 Å². The molecular formula is C18H27N5O3S. The topological polar surface area (TPSA) is 98.4 Å². The molecule has 1 amide bonds. The van der Waals surface area contributed by atoms with Crippen molar-refractivity contribution in [2.24, 2.45) is 0 Å². The van der Waals surface area contributed by atoms with E-state index in [-0.39, 0.29) is 22.9 Å². The van der Waals surface area contributed by atoms with Crippen LogP contribution in [0.5, 0.6) is 0 Å². The van der Waals surface area contributed by atoms with E-state index in [2.05, 4.69) is 15.3 Å². The lowest BCUT2D eigenvalue weighted by Crippen LogP contribution is -2.53. The third-order valence-electron chi connectivity index (χ3n) is 5.09. The van der Waals surface area contributed by atoms with Crippen LogP contribution >= 0.6 is 0 Å². The number of hydrogen-bond acceptors (Lipinski definition) is 5. The Labute approximate surface area is 160 Å². The summed E-state index contributed by atoms with van der Waals surface area (Å²) in [5, 5.41) is 3.61. The first kappa shape index (κ1) is 19.8. The zero-order valence-corrected chi connectivity index (χ0v) is 16.8. The van der Waals surface area contributed by atoms with Crippen LogP contribution in [0.2, 0.25) is 0 Å². The summed E-state index contributed by atoms with van der Waals surface area (Å²) in [6, 6.07) is 3.48. The normalized spacial score (nSPS) is 17.3. The summed E-state index contributed by atoms with van der Waals surface area (Å²) >= 11 is 0. The van der Waals surface area contributed by atoms with Crippen molar-refractivity contribution in [1.82, 2.24) is 24.5 Å². The molecule has 1 aliphatic heterocycles. The number of nitrogens with zero attached hydrogens (tertiary/aromatic N) is 3. The third kappa shape index (κ3) is 4.31. The molecule has 0 bridgehead atoms. The molecule has 1 saturated heterocycles. The standard InChI is InChI=1S/C18H27N5O3S/c1-4-18(2,3)21-16(24)13-22-8-10-23(11-9-22)27(25,26)15-12-20-17-14(15)6-5-7-19-17/h5-7,12H,4,8-11,13H2,1-3H3,(H,19,20)(H,21,24). The number of amides is 1. The van der Waals surface area contributed by atoms with E-state index in [0.717, 1.165) is 6.42 Å². The fraction of sp³-hybridized carbons (Fsp3) is 0.556. The summed E-state index contributed by atoms with van der Waals surface area (Å²) in [6.45, 7) is 8.08. The molecule has 1 fully saturated rings. The minimum Gasteiger partial charge on any atom is -0.350 e. The molecule has 148 valence electrons. The van der Waals surface area contributed by atoms with Gasteiger partial charge in [0.1, 0.15) is 10.5 Å². The van der Waals surface area contributed by atoms with Crippen molar-refractivity contribution < 1.29 is 13.2 Å². The number of carbonyl (C=O) groups excluding carboxylic acids is 1. The molecule has 3 heterocycles. The smallest absolute Gasteiger partial charge is 0.245 e. The summed E-state index contributed by atoms with van der Waals surface area (Å²) in [5.74, 6) is -0.0270. The average molecular weight is 394 g/mol. The molecule has 1 aliphatic rings. The van der Waals surface area contributed by atoms with Crippen LogP contribution in [0.1, 0.15) is 27.2 Å². The van der Waals surface area contributed by atoms with Gasteiger partial charge in [-0.05, 0) is 32.4 Å². The molecule has 9 heteroatoms. The van der Waals surface area contributed by atoms with Crippen LogP contribution < -0.4 is 5.32 Å². The van der Waals surface area contributed by atoms with Crippen molar-refractivity contribution >= 4 is 27.0 Å². The predicted molar refractivity (Wildman–Crippen MR) is 104 cm³/mol. The molecule has 0 aromatic carbocycles. The summed E-state index contributed by atoms with van der Waals surface area (Å²) in [5.41, 5.74) is 0.330. The highest BCUT2D eigenvalue weighted by atomic mass is 32.2. The number of sulfonamides is 1. The highest BCUT2D eigenvalue weighted by Crippen LogP contribution is 2.25. The van der Waals surface area contributed by atoms with Crippen molar-refractivity contribution in [1.29, 1.82) is 0 Å². The van der Waals surface area contributed by atoms with Crippen LogP contribution in [0.15, 0.2) is 29.4 Å². The summed E-state index contributed by atoms with van der Waals surface area (Å²) < 4.78 is 27.5. The number of H-pyrrole nitrogens is 1. The van der Waals surface area contributed by atoms with Crippen LogP contribution in [0.25, 0.3) is 11.0 Å². The molecule has 27 heavy (non-hydrogen) atoms. The number of piperazine rings is 1. The molecular weight excluding hydrogens is 366 g/mol. The Morgan fingerprint density at radius 3 is 2.67 bits per heavy atom. The van der Waals surface area contributed by atoms with Crippen LogP contribution in [0.3, 0.4) is 0 Å². The third-order valence-corrected chi connectivity index (χ3v) is 7.03. The molecule has 2 aromatic rings. The maximum absolute atomic E-state index is 13.0. The fourth-order valence-electron chi connectivity index (χ4n) is 3.12. The molecule has 0 saturated carbocycles. The van der Waals surface area contributed by atoms with Crippen molar-refractivity contribution in [3.63, 3.8) is 0 Å². The van der Waals surface area contributed by atoms with Gasteiger partial charge >= 0.3 is 0 Å². The van der Waals surface area contributed by atoms with Gasteiger partial charge in [0.15, 0.2) is 0 Å². The van der Waals surface area contributed by atoms with Gasteiger partial charge in [0, 0.05) is 49.5 Å². The first-order valence-corrected chi connectivity index (χ1v) is 10.6. The molecule has 0 spiro atoms. The van der Waals surface area contributed by atoms with Crippen LogP contribution in [0, 0.1) is 0 Å².